The lowest BCUT2D eigenvalue weighted by Gasteiger charge is -2.40. The summed E-state index contributed by atoms with van der Waals surface area (Å²) in [6.07, 6.45) is 6.96. The Bertz CT molecular complexity index is 1240. The van der Waals surface area contributed by atoms with Crippen molar-refractivity contribution in [2.24, 2.45) is 0 Å². The molecule has 2 heterocycles. The van der Waals surface area contributed by atoms with E-state index in [0.717, 1.165) is 60.2 Å². The standard InChI is InChI=1S/C30H35N3O3/c1-3-36-27(34)20-30(17-9-4-10-18-30)31-29(35)33-21-23-13-6-8-15-25(23)32-19-11-16-26(32)28(33)24-14-7-5-12-22(24)2/h5-8,11-16,19,28H,3-4,9-10,17-18,20-21H2,1-2H3,(H,31,35)/t28-/m1/s1. The van der Waals surface area contributed by atoms with Crippen LogP contribution >= 0.6 is 0 Å². The first-order valence-corrected chi connectivity index (χ1v) is 13.1. The number of ether oxygens (including phenoxy) is 1. The van der Waals surface area contributed by atoms with Crippen LogP contribution in [0.1, 0.15) is 73.9 Å². The molecule has 0 unspecified atom stereocenters. The largest absolute Gasteiger partial charge is 0.466 e. The van der Waals surface area contributed by atoms with E-state index in [9.17, 15) is 9.59 Å². The van der Waals surface area contributed by atoms with Crippen molar-refractivity contribution in [2.75, 3.05) is 6.61 Å². The summed E-state index contributed by atoms with van der Waals surface area (Å²) >= 11 is 0. The van der Waals surface area contributed by atoms with Gasteiger partial charge in [0.15, 0.2) is 0 Å². The third-order valence-electron chi connectivity index (χ3n) is 7.68. The van der Waals surface area contributed by atoms with Crippen molar-refractivity contribution in [3.63, 3.8) is 0 Å². The van der Waals surface area contributed by atoms with Gasteiger partial charge in [0.05, 0.1) is 30.8 Å². The number of fused-ring (bicyclic) bond motifs is 3. The van der Waals surface area contributed by atoms with Gasteiger partial charge in [-0.1, -0.05) is 61.7 Å². The zero-order valence-electron chi connectivity index (χ0n) is 21.2. The average molecular weight is 486 g/mol. The van der Waals surface area contributed by atoms with Crippen molar-refractivity contribution in [3.8, 4) is 5.69 Å². The molecule has 2 aromatic carbocycles. The summed E-state index contributed by atoms with van der Waals surface area (Å²) in [6, 6.07) is 20.3. The van der Waals surface area contributed by atoms with Crippen molar-refractivity contribution < 1.29 is 14.3 Å². The molecule has 0 radical (unpaired) electrons. The minimum Gasteiger partial charge on any atom is -0.466 e. The number of carbonyl (C=O) groups is 2. The number of esters is 1. The van der Waals surface area contributed by atoms with Gasteiger partial charge in [-0.25, -0.2) is 4.79 Å². The Kier molecular flexibility index (Phi) is 6.86. The monoisotopic (exact) mass is 485 g/mol. The van der Waals surface area contributed by atoms with Gasteiger partial charge in [0.25, 0.3) is 0 Å². The molecule has 0 bridgehead atoms. The van der Waals surface area contributed by atoms with Gasteiger partial charge in [-0.2, -0.15) is 0 Å². The van der Waals surface area contributed by atoms with Crippen LogP contribution in [0.4, 0.5) is 4.79 Å². The first-order valence-electron chi connectivity index (χ1n) is 13.1. The van der Waals surface area contributed by atoms with E-state index in [4.69, 9.17) is 4.74 Å². The highest BCUT2D eigenvalue weighted by molar-refractivity contribution is 5.79. The molecule has 5 rings (SSSR count). The molecule has 1 aromatic heterocycles. The molecule has 1 fully saturated rings. The predicted molar refractivity (Wildman–Crippen MR) is 140 cm³/mol. The Morgan fingerprint density at radius 3 is 2.53 bits per heavy atom. The first kappa shape index (κ1) is 24.2. The summed E-state index contributed by atoms with van der Waals surface area (Å²) < 4.78 is 7.50. The number of rotatable bonds is 5. The number of nitrogens with one attached hydrogen (secondary N) is 1. The second kappa shape index (κ2) is 10.2. The molecule has 0 spiro atoms. The lowest BCUT2D eigenvalue weighted by atomic mass is 9.79. The van der Waals surface area contributed by atoms with E-state index in [2.05, 4.69) is 53.3 Å². The molecule has 6 nitrogen and oxygen atoms in total. The minimum atomic E-state index is -0.578. The normalized spacial score (nSPS) is 18.5. The highest BCUT2D eigenvalue weighted by Gasteiger charge is 2.40. The lowest BCUT2D eigenvalue weighted by Crippen LogP contribution is -2.55. The van der Waals surface area contributed by atoms with Crippen LogP contribution in [0.15, 0.2) is 66.9 Å². The van der Waals surface area contributed by atoms with Gasteiger partial charge in [-0.15, -0.1) is 0 Å². The van der Waals surface area contributed by atoms with E-state index >= 15 is 0 Å². The highest BCUT2D eigenvalue weighted by Crippen LogP contribution is 2.39. The van der Waals surface area contributed by atoms with Crippen LogP contribution < -0.4 is 5.32 Å². The van der Waals surface area contributed by atoms with E-state index < -0.39 is 5.54 Å². The van der Waals surface area contributed by atoms with E-state index in [1.165, 1.54) is 0 Å². The number of aromatic nitrogens is 1. The number of urea groups is 1. The molecule has 2 aliphatic rings. The zero-order valence-corrected chi connectivity index (χ0v) is 21.2. The summed E-state index contributed by atoms with van der Waals surface area (Å²) in [4.78, 5) is 28.8. The maximum absolute atomic E-state index is 14.3. The van der Waals surface area contributed by atoms with E-state index in [0.29, 0.717) is 13.2 Å². The molecular weight excluding hydrogens is 450 g/mol. The summed E-state index contributed by atoms with van der Waals surface area (Å²) in [7, 11) is 0. The van der Waals surface area contributed by atoms with Crippen LogP contribution in [0.25, 0.3) is 5.69 Å². The number of para-hydroxylation sites is 1. The number of amides is 2. The van der Waals surface area contributed by atoms with Crippen LogP contribution in [-0.4, -0.2) is 33.6 Å². The number of carbonyl (C=O) groups excluding carboxylic acids is 2. The molecule has 36 heavy (non-hydrogen) atoms. The molecule has 1 atom stereocenters. The third kappa shape index (κ3) is 4.64. The molecule has 2 amide bonds. The summed E-state index contributed by atoms with van der Waals surface area (Å²) in [5, 5.41) is 3.37. The Balaban J connectivity index is 1.57. The fraction of sp³-hybridized carbons (Fsp3) is 0.400. The second-order valence-electron chi connectivity index (χ2n) is 10.1. The topological polar surface area (TPSA) is 63.6 Å². The molecule has 1 saturated carbocycles. The van der Waals surface area contributed by atoms with Gasteiger partial charge in [0.1, 0.15) is 6.04 Å². The summed E-state index contributed by atoms with van der Waals surface area (Å²) in [6.45, 7) is 4.73. The molecule has 0 saturated heterocycles. The number of aryl methyl sites for hydroxylation is 1. The van der Waals surface area contributed by atoms with Gasteiger partial charge in [0.2, 0.25) is 0 Å². The van der Waals surface area contributed by atoms with Crippen molar-refractivity contribution in [1.29, 1.82) is 0 Å². The van der Waals surface area contributed by atoms with E-state index in [1.54, 1.807) is 0 Å². The van der Waals surface area contributed by atoms with Crippen LogP contribution in [0.3, 0.4) is 0 Å². The molecule has 188 valence electrons. The molecule has 1 N–H and O–H groups in total. The number of hydrogen-bond donors (Lipinski definition) is 1. The smallest absolute Gasteiger partial charge is 0.318 e. The van der Waals surface area contributed by atoms with Gasteiger partial charge in [-0.3, -0.25) is 4.79 Å². The fourth-order valence-corrected chi connectivity index (χ4v) is 5.92. The zero-order chi connectivity index (χ0) is 25.1. The minimum absolute atomic E-state index is 0.140. The van der Waals surface area contributed by atoms with Crippen LogP contribution in [0, 0.1) is 6.92 Å². The summed E-state index contributed by atoms with van der Waals surface area (Å²) in [5.74, 6) is -0.245. The maximum Gasteiger partial charge on any atom is 0.318 e. The Morgan fingerprint density at radius 2 is 1.75 bits per heavy atom. The molecule has 3 aromatic rings. The Hall–Kier alpha value is -3.54. The predicted octanol–water partition coefficient (Wildman–Crippen LogP) is 6.06. The molecule has 6 heteroatoms. The quantitative estimate of drug-likeness (QED) is 0.447. The van der Waals surface area contributed by atoms with Crippen molar-refractivity contribution in [3.05, 3.63) is 89.2 Å². The number of nitrogens with zero attached hydrogens (tertiary/aromatic N) is 2. The molecule has 1 aliphatic carbocycles. The lowest BCUT2D eigenvalue weighted by molar-refractivity contribution is -0.145. The highest BCUT2D eigenvalue weighted by atomic mass is 16.5. The second-order valence-corrected chi connectivity index (χ2v) is 10.1. The van der Waals surface area contributed by atoms with Crippen molar-refractivity contribution >= 4 is 12.0 Å². The average Bonchev–Trinajstić information content (AvgIpc) is 3.30. The number of benzene rings is 2. The maximum atomic E-state index is 14.3. The van der Waals surface area contributed by atoms with Crippen molar-refractivity contribution in [2.45, 2.75) is 70.5 Å². The molecule has 1 aliphatic heterocycles. The Morgan fingerprint density at radius 1 is 1.00 bits per heavy atom. The molecular formula is C30H35N3O3. The fourth-order valence-electron chi connectivity index (χ4n) is 5.92. The summed E-state index contributed by atoms with van der Waals surface area (Å²) in [5.41, 5.74) is 4.88. The van der Waals surface area contributed by atoms with Gasteiger partial charge < -0.3 is 19.5 Å². The first-order chi connectivity index (χ1) is 17.5. The van der Waals surface area contributed by atoms with Gasteiger partial charge in [0, 0.05) is 11.9 Å². The van der Waals surface area contributed by atoms with Crippen molar-refractivity contribution in [1.82, 2.24) is 14.8 Å². The number of hydrogen-bond acceptors (Lipinski definition) is 3. The van der Waals surface area contributed by atoms with Crippen LogP contribution in [-0.2, 0) is 16.1 Å². The van der Waals surface area contributed by atoms with Crippen LogP contribution in [0.5, 0.6) is 0 Å². The SMILES string of the molecule is CCOC(=O)CC1(NC(=O)N2Cc3ccccc3-n3cccc3[C@H]2c2ccccc2C)CCCCC1. The van der Waals surface area contributed by atoms with Gasteiger partial charge >= 0.3 is 12.0 Å². The van der Waals surface area contributed by atoms with Crippen LogP contribution in [0.2, 0.25) is 0 Å². The third-order valence-corrected chi connectivity index (χ3v) is 7.68. The Labute approximate surface area is 213 Å². The van der Waals surface area contributed by atoms with E-state index in [-0.39, 0.29) is 24.5 Å². The van der Waals surface area contributed by atoms with E-state index in [1.807, 2.05) is 42.2 Å². The van der Waals surface area contributed by atoms with Gasteiger partial charge in [-0.05, 0) is 61.6 Å².